The summed E-state index contributed by atoms with van der Waals surface area (Å²) in [7, 11) is 1.59. The summed E-state index contributed by atoms with van der Waals surface area (Å²) in [6.07, 6.45) is 4.68. The van der Waals surface area contributed by atoms with E-state index in [0.29, 0.717) is 22.6 Å². The molecule has 0 unspecified atom stereocenters. The molecule has 3 aromatic rings. The fraction of sp³-hybridized carbons (Fsp3) is 0.0455. The molecule has 6 nitrogen and oxygen atoms in total. The largest absolute Gasteiger partial charge is 0.497 e. The summed E-state index contributed by atoms with van der Waals surface area (Å²) in [4.78, 5) is 28.6. The Morgan fingerprint density at radius 1 is 1.00 bits per heavy atom. The highest BCUT2D eigenvalue weighted by Crippen LogP contribution is 2.35. The SMILES string of the molecule is COc1ccc(C=C2Oc3cc(OC(=O)c4ccncc4)ccc3C2=O)cc1. The maximum atomic E-state index is 12.5. The smallest absolute Gasteiger partial charge is 0.343 e. The zero-order valence-corrected chi connectivity index (χ0v) is 14.9. The summed E-state index contributed by atoms with van der Waals surface area (Å²) in [5.41, 5.74) is 1.61. The number of allylic oxidation sites excluding steroid dienone is 1. The lowest BCUT2D eigenvalue weighted by Gasteiger charge is -2.05. The van der Waals surface area contributed by atoms with E-state index in [-0.39, 0.29) is 11.5 Å². The van der Waals surface area contributed by atoms with Gasteiger partial charge in [0, 0.05) is 18.5 Å². The number of methoxy groups -OCH3 is 1. The van der Waals surface area contributed by atoms with Crippen LogP contribution in [-0.4, -0.2) is 23.8 Å². The molecule has 0 saturated heterocycles. The number of esters is 1. The summed E-state index contributed by atoms with van der Waals surface area (Å²) in [5.74, 6) is 0.838. The summed E-state index contributed by atoms with van der Waals surface area (Å²) in [5, 5.41) is 0. The number of ketones is 1. The first-order valence-corrected chi connectivity index (χ1v) is 8.48. The molecule has 28 heavy (non-hydrogen) atoms. The first-order valence-electron chi connectivity index (χ1n) is 8.48. The molecule has 0 aliphatic carbocycles. The van der Waals surface area contributed by atoms with Crippen molar-refractivity contribution in [3.8, 4) is 17.2 Å². The molecule has 0 saturated carbocycles. The molecule has 0 atom stereocenters. The van der Waals surface area contributed by atoms with E-state index in [1.165, 1.54) is 18.5 Å². The fourth-order valence-electron chi connectivity index (χ4n) is 2.74. The van der Waals surface area contributed by atoms with E-state index in [9.17, 15) is 9.59 Å². The van der Waals surface area contributed by atoms with Gasteiger partial charge < -0.3 is 14.2 Å². The lowest BCUT2D eigenvalue weighted by molar-refractivity contribution is 0.0734. The number of Topliss-reactive ketones (excluding diaryl/α,β-unsaturated/α-hetero) is 1. The average molecular weight is 373 g/mol. The molecular weight excluding hydrogens is 358 g/mol. The maximum Gasteiger partial charge on any atom is 0.343 e. The normalized spacial score (nSPS) is 13.8. The van der Waals surface area contributed by atoms with Crippen LogP contribution in [0.15, 0.2) is 72.8 Å². The van der Waals surface area contributed by atoms with E-state index < -0.39 is 5.97 Å². The van der Waals surface area contributed by atoms with Crippen LogP contribution in [0.4, 0.5) is 0 Å². The molecule has 1 aliphatic heterocycles. The van der Waals surface area contributed by atoms with Gasteiger partial charge in [-0.2, -0.15) is 0 Å². The van der Waals surface area contributed by atoms with Crippen LogP contribution in [0.3, 0.4) is 0 Å². The molecule has 2 aromatic carbocycles. The second kappa shape index (κ2) is 7.36. The van der Waals surface area contributed by atoms with Crippen LogP contribution < -0.4 is 14.2 Å². The van der Waals surface area contributed by atoms with Crippen molar-refractivity contribution in [2.24, 2.45) is 0 Å². The predicted molar refractivity (Wildman–Crippen MR) is 102 cm³/mol. The maximum absolute atomic E-state index is 12.5. The molecular formula is C22H15NO5. The minimum atomic E-state index is -0.513. The Bertz CT molecular complexity index is 1070. The first kappa shape index (κ1) is 17.5. The molecule has 4 rings (SSSR count). The minimum Gasteiger partial charge on any atom is -0.497 e. The Morgan fingerprint density at radius 2 is 1.71 bits per heavy atom. The highest BCUT2D eigenvalue weighted by molar-refractivity contribution is 6.14. The molecule has 1 aliphatic rings. The van der Waals surface area contributed by atoms with Crippen LogP contribution in [-0.2, 0) is 0 Å². The van der Waals surface area contributed by atoms with Crippen LogP contribution in [0, 0.1) is 0 Å². The van der Waals surface area contributed by atoms with Gasteiger partial charge in [0.2, 0.25) is 5.78 Å². The van der Waals surface area contributed by atoms with Gasteiger partial charge in [0.25, 0.3) is 0 Å². The lowest BCUT2D eigenvalue weighted by atomic mass is 10.1. The van der Waals surface area contributed by atoms with Crippen LogP contribution in [0.2, 0.25) is 0 Å². The number of fused-ring (bicyclic) bond motifs is 1. The van der Waals surface area contributed by atoms with Gasteiger partial charge in [0.05, 0.1) is 18.2 Å². The monoisotopic (exact) mass is 373 g/mol. The highest BCUT2D eigenvalue weighted by atomic mass is 16.5. The lowest BCUT2D eigenvalue weighted by Crippen LogP contribution is -2.08. The van der Waals surface area contributed by atoms with Crippen LogP contribution in [0.1, 0.15) is 26.3 Å². The number of rotatable bonds is 4. The molecule has 0 N–H and O–H groups in total. The Hall–Kier alpha value is -3.93. The zero-order valence-electron chi connectivity index (χ0n) is 14.9. The summed E-state index contributed by atoms with van der Waals surface area (Å²) >= 11 is 0. The van der Waals surface area contributed by atoms with Crippen molar-refractivity contribution < 1.29 is 23.8 Å². The fourth-order valence-corrected chi connectivity index (χ4v) is 2.74. The van der Waals surface area contributed by atoms with Gasteiger partial charge in [-0.3, -0.25) is 9.78 Å². The molecule has 0 fully saturated rings. The number of carbonyl (C=O) groups excluding carboxylic acids is 2. The van der Waals surface area contributed by atoms with E-state index in [0.717, 1.165) is 11.3 Å². The number of carbonyl (C=O) groups is 2. The van der Waals surface area contributed by atoms with Crippen molar-refractivity contribution in [1.29, 1.82) is 0 Å². The van der Waals surface area contributed by atoms with Gasteiger partial charge in [-0.25, -0.2) is 4.79 Å². The van der Waals surface area contributed by atoms with Crippen molar-refractivity contribution in [3.05, 3.63) is 89.4 Å². The van der Waals surface area contributed by atoms with Gasteiger partial charge in [-0.15, -0.1) is 0 Å². The predicted octanol–water partition coefficient (Wildman–Crippen LogP) is 3.93. The second-order valence-electron chi connectivity index (χ2n) is 6.00. The third-order valence-corrected chi connectivity index (χ3v) is 4.18. The van der Waals surface area contributed by atoms with Crippen molar-refractivity contribution in [3.63, 3.8) is 0 Å². The van der Waals surface area contributed by atoms with E-state index in [1.54, 1.807) is 49.6 Å². The van der Waals surface area contributed by atoms with Gasteiger partial charge in [-0.1, -0.05) is 12.1 Å². The molecule has 0 spiro atoms. The minimum absolute atomic E-state index is 0.206. The molecule has 0 bridgehead atoms. The van der Waals surface area contributed by atoms with E-state index >= 15 is 0 Å². The van der Waals surface area contributed by atoms with Gasteiger partial charge >= 0.3 is 5.97 Å². The molecule has 0 amide bonds. The molecule has 138 valence electrons. The summed E-state index contributed by atoms with van der Waals surface area (Å²) in [6, 6.07) is 15.1. The summed E-state index contributed by atoms with van der Waals surface area (Å²) in [6.45, 7) is 0. The van der Waals surface area contributed by atoms with Gasteiger partial charge in [0.15, 0.2) is 5.76 Å². The average Bonchev–Trinajstić information content (AvgIpc) is 3.04. The number of hydrogen-bond donors (Lipinski definition) is 0. The van der Waals surface area contributed by atoms with E-state index in [4.69, 9.17) is 14.2 Å². The third kappa shape index (κ3) is 3.48. The van der Waals surface area contributed by atoms with Gasteiger partial charge in [-0.05, 0) is 48.0 Å². The first-order chi connectivity index (χ1) is 13.6. The van der Waals surface area contributed by atoms with Crippen LogP contribution >= 0.6 is 0 Å². The van der Waals surface area contributed by atoms with Crippen LogP contribution in [0.5, 0.6) is 17.2 Å². The Kier molecular flexibility index (Phi) is 4.60. The summed E-state index contributed by atoms with van der Waals surface area (Å²) < 4.78 is 16.2. The number of hydrogen-bond acceptors (Lipinski definition) is 6. The van der Waals surface area contributed by atoms with Gasteiger partial charge in [0.1, 0.15) is 17.2 Å². The molecule has 1 aromatic heterocycles. The number of aromatic nitrogens is 1. The topological polar surface area (TPSA) is 74.7 Å². The standard InChI is InChI=1S/C22H15NO5/c1-26-16-4-2-14(3-5-16)12-20-21(24)18-7-6-17(13-19(18)28-20)27-22(25)15-8-10-23-11-9-15/h2-13H,1H3. The highest BCUT2D eigenvalue weighted by Gasteiger charge is 2.28. The van der Waals surface area contributed by atoms with Crippen molar-refractivity contribution in [2.75, 3.05) is 7.11 Å². The van der Waals surface area contributed by atoms with E-state index in [2.05, 4.69) is 4.98 Å². The second-order valence-corrected chi connectivity index (χ2v) is 6.00. The quantitative estimate of drug-likeness (QED) is 0.392. The third-order valence-electron chi connectivity index (χ3n) is 4.18. The van der Waals surface area contributed by atoms with E-state index in [1.807, 2.05) is 12.1 Å². The Morgan fingerprint density at radius 3 is 2.43 bits per heavy atom. The molecule has 0 radical (unpaired) electrons. The number of ether oxygens (including phenoxy) is 3. The van der Waals surface area contributed by atoms with Crippen molar-refractivity contribution in [1.82, 2.24) is 4.98 Å². The van der Waals surface area contributed by atoms with Crippen molar-refractivity contribution >= 4 is 17.8 Å². The number of nitrogens with zero attached hydrogens (tertiary/aromatic N) is 1. The molecule has 6 heteroatoms. The van der Waals surface area contributed by atoms with Crippen molar-refractivity contribution in [2.45, 2.75) is 0 Å². The Balaban J connectivity index is 1.54. The Labute approximate surface area is 161 Å². The molecule has 2 heterocycles. The zero-order chi connectivity index (χ0) is 19.5. The number of pyridine rings is 1. The van der Waals surface area contributed by atoms with Crippen LogP contribution in [0.25, 0.3) is 6.08 Å². The number of benzene rings is 2.